The molecule has 1 aliphatic rings. The first-order valence-corrected chi connectivity index (χ1v) is 6.32. The maximum absolute atomic E-state index is 11.8. The van der Waals surface area contributed by atoms with Gasteiger partial charge in [-0.05, 0) is 13.8 Å². The molecule has 0 bridgehead atoms. The van der Waals surface area contributed by atoms with E-state index >= 15 is 0 Å². The molecule has 0 spiro atoms. The number of fused-ring (bicyclic) bond motifs is 1. The lowest BCUT2D eigenvalue weighted by Gasteiger charge is -2.32. The largest absolute Gasteiger partial charge is 0.450 e. The molecule has 1 aromatic rings. The second kappa shape index (κ2) is 5.40. The summed E-state index contributed by atoms with van der Waals surface area (Å²) in [5.41, 5.74) is 5.37. The molecule has 1 amide bonds. The van der Waals surface area contributed by atoms with Gasteiger partial charge in [-0.2, -0.15) is 5.10 Å². The van der Waals surface area contributed by atoms with Crippen LogP contribution < -0.4 is 11.3 Å². The maximum atomic E-state index is 11.8. The van der Waals surface area contributed by atoms with E-state index in [0.29, 0.717) is 25.5 Å². The highest BCUT2D eigenvalue weighted by molar-refractivity contribution is 5.68. The van der Waals surface area contributed by atoms with Crippen molar-refractivity contribution in [1.82, 2.24) is 15.1 Å². The molecule has 2 rings (SSSR count). The van der Waals surface area contributed by atoms with E-state index in [1.54, 1.807) is 11.8 Å². The van der Waals surface area contributed by atoms with Crippen LogP contribution in [0.4, 0.5) is 10.6 Å². The van der Waals surface area contributed by atoms with Crippen molar-refractivity contribution in [1.29, 1.82) is 0 Å². The summed E-state index contributed by atoms with van der Waals surface area (Å²) < 4.78 is 5.05. The summed E-state index contributed by atoms with van der Waals surface area (Å²) in [6.07, 6.45) is -0.293. The first-order valence-electron chi connectivity index (χ1n) is 6.32. The van der Waals surface area contributed by atoms with Gasteiger partial charge in [-0.15, -0.1) is 5.10 Å². The van der Waals surface area contributed by atoms with Gasteiger partial charge in [-0.1, -0.05) is 6.92 Å². The fraction of sp³-hybridized carbons (Fsp3) is 0.583. The first-order chi connectivity index (χ1) is 9.08. The molecule has 1 aliphatic heterocycles. The van der Waals surface area contributed by atoms with Crippen LogP contribution in [0.15, 0.2) is 0 Å². The van der Waals surface area contributed by atoms with E-state index in [1.165, 1.54) is 0 Å². The summed E-state index contributed by atoms with van der Waals surface area (Å²) in [4.78, 5) is 13.5. The summed E-state index contributed by atoms with van der Waals surface area (Å²) in [5, 5.41) is 8.25. The predicted molar refractivity (Wildman–Crippen MR) is 70.4 cm³/mol. The summed E-state index contributed by atoms with van der Waals surface area (Å²) in [7, 11) is 0. The van der Waals surface area contributed by atoms with Crippen LogP contribution in [0.5, 0.6) is 0 Å². The molecular formula is C12H19N5O2. The van der Waals surface area contributed by atoms with E-state index in [4.69, 9.17) is 10.6 Å². The van der Waals surface area contributed by atoms with E-state index in [0.717, 1.165) is 16.8 Å². The van der Waals surface area contributed by atoms with Gasteiger partial charge in [0.15, 0.2) is 5.82 Å². The van der Waals surface area contributed by atoms with Crippen molar-refractivity contribution in [3.05, 3.63) is 16.8 Å². The summed E-state index contributed by atoms with van der Waals surface area (Å²) in [6, 6.07) is 0. The quantitative estimate of drug-likeness (QED) is 0.615. The third-order valence-corrected chi connectivity index (χ3v) is 3.35. The summed E-state index contributed by atoms with van der Waals surface area (Å²) in [6.45, 7) is 7.19. The maximum Gasteiger partial charge on any atom is 0.410 e. The van der Waals surface area contributed by atoms with Crippen molar-refractivity contribution in [3.63, 3.8) is 0 Å². The lowest BCUT2D eigenvalue weighted by atomic mass is 9.94. The molecule has 0 saturated carbocycles. The number of nitrogens with zero attached hydrogens (tertiary/aromatic N) is 3. The predicted octanol–water partition coefficient (Wildman–Crippen LogP) is 1.15. The number of hydrogen-bond acceptors (Lipinski definition) is 6. The van der Waals surface area contributed by atoms with Gasteiger partial charge in [-0.3, -0.25) is 0 Å². The van der Waals surface area contributed by atoms with Gasteiger partial charge in [0.1, 0.15) is 0 Å². The fourth-order valence-electron chi connectivity index (χ4n) is 2.33. The Kier molecular flexibility index (Phi) is 3.84. The lowest BCUT2D eigenvalue weighted by molar-refractivity contribution is 0.0987. The number of carbonyl (C=O) groups excluding carboxylic acids is 1. The van der Waals surface area contributed by atoms with E-state index in [9.17, 15) is 4.79 Å². The van der Waals surface area contributed by atoms with Crippen molar-refractivity contribution >= 4 is 11.9 Å². The molecule has 2 heterocycles. The average molecular weight is 265 g/mol. The Morgan fingerprint density at radius 3 is 2.95 bits per heavy atom. The van der Waals surface area contributed by atoms with Gasteiger partial charge in [0.2, 0.25) is 0 Å². The second-order valence-electron chi connectivity index (χ2n) is 4.66. The first kappa shape index (κ1) is 13.5. The molecule has 3 N–H and O–H groups in total. The van der Waals surface area contributed by atoms with Crippen LogP contribution in [0.25, 0.3) is 0 Å². The van der Waals surface area contributed by atoms with Gasteiger partial charge in [0.25, 0.3) is 0 Å². The van der Waals surface area contributed by atoms with Crippen molar-refractivity contribution in [3.8, 4) is 0 Å². The number of amides is 1. The number of nitrogens with two attached hydrogens (primary N) is 1. The number of nitrogens with one attached hydrogen (secondary N) is 1. The number of ether oxygens (including phenoxy) is 1. The van der Waals surface area contributed by atoms with Gasteiger partial charge >= 0.3 is 6.09 Å². The number of aromatic nitrogens is 2. The molecule has 1 unspecified atom stereocenters. The van der Waals surface area contributed by atoms with Crippen LogP contribution in [0, 0.1) is 6.92 Å². The number of nitrogen functional groups attached to an aromatic ring is 1. The van der Waals surface area contributed by atoms with Crippen molar-refractivity contribution in [2.45, 2.75) is 33.2 Å². The minimum atomic E-state index is -0.293. The van der Waals surface area contributed by atoms with Crippen LogP contribution in [0.1, 0.15) is 36.6 Å². The zero-order chi connectivity index (χ0) is 14.0. The number of carbonyl (C=O) groups is 1. The molecule has 104 valence electrons. The highest BCUT2D eigenvalue weighted by atomic mass is 16.6. The molecule has 0 aliphatic carbocycles. The molecular weight excluding hydrogens is 246 g/mol. The molecule has 0 fully saturated rings. The van der Waals surface area contributed by atoms with Crippen LogP contribution in [-0.2, 0) is 11.3 Å². The zero-order valence-corrected chi connectivity index (χ0v) is 11.4. The average Bonchev–Trinajstić information content (AvgIpc) is 2.40. The standard InChI is InChI=1S/C12H19N5O2/c1-4-19-12(18)17-5-7(2)10-9(6-17)8(3)11(14-13)16-15-10/h7H,4-6,13H2,1-3H3,(H,14,16). The van der Waals surface area contributed by atoms with Crippen molar-refractivity contribution in [2.75, 3.05) is 18.6 Å². The Morgan fingerprint density at radius 1 is 1.58 bits per heavy atom. The van der Waals surface area contributed by atoms with Gasteiger partial charge in [-0.25, -0.2) is 10.6 Å². The molecule has 0 aromatic carbocycles. The Bertz CT molecular complexity index is 491. The van der Waals surface area contributed by atoms with Crippen molar-refractivity contribution < 1.29 is 9.53 Å². The van der Waals surface area contributed by atoms with Crippen LogP contribution in [-0.4, -0.2) is 34.3 Å². The van der Waals surface area contributed by atoms with E-state index in [-0.39, 0.29) is 12.0 Å². The Hall–Kier alpha value is -1.89. The molecule has 1 aromatic heterocycles. The lowest BCUT2D eigenvalue weighted by Crippen LogP contribution is -2.39. The second-order valence-corrected chi connectivity index (χ2v) is 4.66. The monoisotopic (exact) mass is 265 g/mol. The third kappa shape index (κ3) is 2.46. The topological polar surface area (TPSA) is 93.4 Å². The fourth-order valence-corrected chi connectivity index (χ4v) is 2.33. The van der Waals surface area contributed by atoms with E-state index in [1.807, 2.05) is 13.8 Å². The molecule has 1 atom stereocenters. The Balaban J connectivity index is 2.33. The summed E-state index contributed by atoms with van der Waals surface area (Å²) in [5.74, 6) is 6.07. The summed E-state index contributed by atoms with van der Waals surface area (Å²) >= 11 is 0. The van der Waals surface area contributed by atoms with E-state index in [2.05, 4.69) is 15.6 Å². The van der Waals surface area contributed by atoms with E-state index < -0.39 is 0 Å². The van der Waals surface area contributed by atoms with Gasteiger partial charge < -0.3 is 15.1 Å². The number of hydrogen-bond donors (Lipinski definition) is 2. The van der Waals surface area contributed by atoms with Crippen molar-refractivity contribution in [2.24, 2.45) is 5.84 Å². The minimum Gasteiger partial charge on any atom is -0.450 e. The highest BCUT2D eigenvalue weighted by Gasteiger charge is 2.29. The van der Waals surface area contributed by atoms with Crippen LogP contribution >= 0.6 is 0 Å². The molecule has 0 saturated heterocycles. The SMILES string of the molecule is CCOC(=O)N1Cc2c(nnc(NN)c2C)C(C)C1. The highest BCUT2D eigenvalue weighted by Crippen LogP contribution is 2.30. The Morgan fingerprint density at radius 2 is 2.32 bits per heavy atom. The van der Waals surface area contributed by atoms with Gasteiger partial charge in [0.05, 0.1) is 18.8 Å². The smallest absolute Gasteiger partial charge is 0.410 e. The minimum absolute atomic E-state index is 0.131. The zero-order valence-electron chi connectivity index (χ0n) is 11.4. The number of hydrazine groups is 1. The Labute approximate surface area is 112 Å². The molecule has 0 radical (unpaired) electrons. The molecule has 7 nitrogen and oxygen atoms in total. The molecule has 7 heteroatoms. The third-order valence-electron chi connectivity index (χ3n) is 3.35. The van der Waals surface area contributed by atoms with Crippen LogP contribution in [0.3, 0.4) is 0 Å². The number of rotatable bonds is 2. The molecule has 19 heavy (non-hydrogen) atoms. The normalized spacial score (nSPS) is 17.9. The van der Waals surface area contributed by atoms with Crippen LogP contribution in [0.2, 0.25) is 0 Å². The van der Waals surface area contributed by atoms with Gasteiger partial charge in [0, 0.05) is 23.6 Å². The number of anilines is 1.